The van der Waals surface area contributed by atoms with Crippen LogP contribution in [0.1, 0.15) is 50.8 Å². The van der Waals surface area contributed by atoms with Gasteiger partial charge >= 0.3 is 0 Å². The van der Waals surface area contributed by atoms with E-state index in [1.54, 1.807) is 12.1 Å². The molecular formula is C23H23N3O2S. The van der Waals surface area contributed by atoms with Gasteiger partial charge in [0.25, 0.3) is 5.91 Å². The number of nitrogens with one attached hydrogen (secondary N) is 2. The summed E-state index contributed by atoms with van der Waals surface area (Å²) >= 11 is 1.47. The molecule has 1 aliphatic rings. The second-order valence-corrected chi connectivity index (χ2v) is 8.48. The minimum absolute atomic E-state index is 0.0399. The number of rotatable bonds is 4. The van der Waals surface area contributed by atoms with Crippen LogP contribution in [0, 0.1) is 13.8 Å². The lowest BCUT2D eigenvalue weighted by Gasteiger charge is -2.20. The van der Waals surface area contributed by atoms with Gasteiger partial charge in [-0.3, -0.25) is 14.9 Å². The maximum atomic E-state index is 12.9. The summed E-state index contributed by atoms with van der Waals surface area (Å²) in [6.45, 7) is 3.96. The van der Waals surface area contributed by atoms with E-state index in [2.05, 4.69) is 15.6 Å². The number of aromatic nitrogens is 1. The third-order valence-electron chi connectivity index (χ3n) is 5.21. The van der Waals surface area contributed by atoms with Crippen molar-refractivity contribution in [3.8, 4) is 0 Å². The highest BCUT2D eigenvalue weighted by molar-refractivity contribution is 7.16. The average Bonchev–Trinajstić information content (AvgIpc) is 3.12. The Bertz CT molecular complexity index is 1060. The van der Waals surface area contributed by atoms with Crippen LogP contribution in [-0.2, 0) is 11.2 Å². The minimum atomic E-state index is -0.292. The molecule has 2 N–H and O–H groups in total. The number of aryl methyl sites for hydroxylation is 3. The molecule has 0 saturated carbocycles. The Morgan fingerprint density at radius 1 is 1.03 bits per heavy atom. The summed E-state index contributed by atoms with van der Waals surface area (Å²) in [5, 5.41) is 6.48. The van der Waals surface area contributed by atoms with Gasteiger partial charge in [-0.1, -0.05) is 35.9 Å². The van der Waals surface area contributed by atoms with Gasteiger partial charge in [0.15, 0.2) is 5.13 Å². The minimum Gasteiger partial charge on any atom is -0.325 e. The molecule has 1 aliphatic carbocycles. The van der Waals surface area contributed by atoms with E-state index in [1.165, 1.54) is 11.3 Å². The van der Waals surface area contributed by atoms with Crippen molar-refractivity contribution in [1.82, 2.24) is 4.98 Å². The maximum Gasteiger partial charge on any atom is 0.257 e. The summed E-state index contributed by atoms with van der Waals surface area (Å²) in [7, 11) is 0. The Hall–Kier alpha value is -2.99. The zero-order valence-corrected chi connectivity index (χ0v) is 17.3. The molecule has 2 amide bonds. The third-order valence-corrected chi connectivity index (χ3v) is 6.25. The molecule has 0 radical (unpaired) electrons. The number of anilines is 2. The van der Waals surface area contributed by atoms with Crippen LogP contribution < -0.4 is 10.6 Å². The predicted octanol–water partition coefficient (Wildman–Crippen LogP) is 5.07. The van der Waals surface area contributed by atoms with E-state index in [4.69, 9.17) is 0 Å². The molecule has 1 heterocycles. The molecule has 2 aromatic carbocycles. The molecule has 1 atom stereocenters. The van der Waals surface area contributed by atoms with E-state index in [0.29, 0.717) is 10.7 Å². The fourth-order valence-electron chi connectivity index (χ4n) is 3.53. The smallest absolute Gasteiger partial charge is 0.257 e. The largest absolute Gasteiger partial charge is 0.325 e. The molecule has 0 aliphatic heterocycles. The Morgan fingerprint density at radius 2 is 1.79 bits per heavy atom. The standard InChI is InChI=1S/C23H23N3O2S/c1-14-10-12-16(13-11-14)21(27)26-23-25-20-17(7-5-9-19(20)29-23)22(28)24-18-8-4-3-6-15(18)2/h3-4,6,8,10-13,17H,5,7,9H2,1-2H3,(H,24,28)(H,25,26,27). The van der Waals surface area contributed by atoms with Gasteiger partial charge in [0.05, 0.1) is 11.6 Å². The van der Waals surface area contributed by atoms with Crippen molar-refractivity contribution in [2.75, 3.05) is 10.6 Å². The van der Waals surface area contributed by atoms with Crippen molar-refractivity contribution < 1.29 is 9.59 Å². The van der Waals surface area contributed by atoms with Crippen molar-refractivity contribution in [3.05, 3.63) is 75.8 Å². The SMILES string of the molecule is Cc1ccc(C(=O)Nc2nc3c(s2)CCCC3C(=O)Nc2ccccc2C)cc1. The monoisotopic (exact) mass is 405 g/mol. The second kappa shape index (κ2) is 8.17. The van der Waals surface area contributed by atoms with Crippen molar-refractivity contribution in [3.63, 3.8) is 0 Å². The highest BCUT2D eigenvalue weighted by Crippen LogP contribution is 2.37. The van der Waals surface area contributed by atoms with Crippen LogP contribution in [0.4, 0.5) is 10.8 Å². The summed E-state index contributed by atoms with van der Waals surface area (Å²) in [6, 6.07) is 15.2. The summed E-state index contributed by atoms with van der Waals surface area (Å²) < 4.78 is 0. The number of nitrogens with zero attached hydrogens (tertiary/aromatic N) is 1. The number of carbonyl (C=O) groups excluding carboxylic acids is 2. The second-order valence-electron chi connectivity index (χ2n) is 7.40. The highest BCUT2D eigenvalue weighted by atomic mass is 32.1. The molecule has 6 heteroatoms. The first-order valence-corrected chi connectivity index (χ1v) is 10.6. The van der Waals surface area contributed by atoms with E-state index in [1.807, 2.05) is 50.2 Å². The maximum absolute atomic E-state index is 12.9. The first-order chi connectivity index (χ1) is 14.0. The molecule has 148 valence electrons. The summed E-state index contributed by atoms with van der Waals surface area (Å²) in [5.41, 5.74) is 4.35. The highest BCUT2D eigenvalue weighted by Gasteiger charge is 2.30. The van der Waals surface area contributed by atoms with Gasteiger partial charge in [-0.05, 0) is 56.9 Å². The van der Waals surface area contributed by atoms with Crippen LogP contribution in [0.2, 0.25) is 0 Å². The van der Waals surface area contributed by atoms with Crippen molar-refractivity contribution in [2.45, 2.75) is 39.0 Å². The van der Waals surface area contributed by atoms with Gasteiger partial charge in [0.1, 0.15) is 0 Å². The van der Waals surface area contributed by atoms with E-state index < -0.39 is 0 Å². The Balaban J connectivity index is 1.51. The first kappa shape index (κ1) is 19.3. The fourth-order valence-corrected chi connectivity index (χ4v) is 4.59. The molecule has 1 unspecified atom stereocenters. The van der Waals surface area contributed by atoms with Crippen LogP contribution in [0.5, 0.6) is 0 Å². The number of thiazole rings is 1. The van der Waals surface area contributed by atoms with E-state index in [0.717, 1.165) is 46.6 Å². The van der Waals surface area contributed by atoms with Gasteiger partial charge in [-0.25, -0.2) is 4.98 Å². The summed E-state index contributed by atoms with van der Waals surface area (Å²) in [4.78, 5) is 31.2. The van der Waals surface area contributed by atoms with Crippen molar-refractivity contribution >= 4 is 34.0 Å². The topological polar surface area (TPSA) is 71.1 Å². The lowest BCUT2D eigenvalue weighted by Crippen LogP contribution is -2.25. The van der Waals surface area contributed by atoms with Gasteiger partial charge in [-0.2, -0.15) is 0 Å². The van der Waals surface area contributed by atoms with Crippen LogP contribution in [0.3, 0.4) is 0 Å². The number of benzene rings is 2. The first-order valence-electron chi connectivity index (χ1n) is 9.75. The summed E-state index contributed by atoms with van der Waals surface area (Å²) in [5.74, 6) is -0.515. The van der Waals surface area contributed by atoms with Crippen LogP contribution in [-0.4, -0.2) is 16.8 Å². The molecule has 0 fully saturated rings. The van der Waals surface area contributed by atoms with E-state index in [-0.39, 0.29) is 17.7 Å². The summed E-state index contributed by atoms with van der Waals surface area (Å²) in [6.07, 6.45) is 2.59. The Morgan fingerprint density at radius 3 is 2.55 bits per heavy atom. The van der Waals surface area contributed by atoms with Crippen molar-refractivity contribution in [1.29, 1.82) is 0 Å². The van der Waals surface area contributed by atoms with Crippen LogP contribution in [0.15, 0.2) is 48.5 Å². The number of hydrogen-bond donors (Lipinski definition) is 2. The number of fused-ring (bicyclic) bond motifs is 1. The fraction of sp³-hybridized carbons (Fsp3) is 0.261. The number of amides is 2. The van der Waals surface area contributed by atoms with Gasteiger partial charge in [-0.15, -0.1) is 11.3 Å². The normalized spacial score (nSPS) is 15.4. The van der Waals surface area contributed by atoms with Crippen LogP contribution in [0.25, 0.3) is 0 Å². The zero-order valence-electron chi connectivity index (χ0n) is 16.5. The van der Waals surface area contributed by atoms with E-state index in [9.17, 15) is 9.59 Å². The lowest BCUT2D eigenvalue weighted by atomic mass is 9.90. The number of hydrogen-bond acceptors (Lipinski definition) is 4. The average molecular weight is 406 g/mol. The predicted molar refractivity (Wildman–Crippen MR) is 117 cm³/mol. The van der Waals surface area contributed by atoms with Gasteiger partial charge < -0.3 is 5.32 Å². The van der Waals surface area contributed by atoms with Crippen LogP contribution >= 0.6 is 11.3 Å². The molecule has 5 nitrogen and oxygen atoms in total. The van der Waals surface area contributed by atoms with Gasteiger partial charge in [0.2, 0.25) is 5.91 Å². The molecule has 3 aromatic rings. The van der Waals surface area contributed by atoms with Crippen molar-refractivity contribution in [2.24, 2.45) is 0 Å². The molecule has 1 aromatic heterocycles. The lowest BCUT2D eigenvalue weighted by molar-refractivity contribution is -0.117. The molecule has 0 saturated heterocycles. The molecule has 29 heavy (non-hydrogen) atoms. The third kappa shape index (κ3) is 4.22. The quantitative estimate of drug-likeness (QED) is 0.636. The molecule has 0 spiro atoms. The van der Waals surface area contributed by atoms with Gasteiger partial charge in [0, 0.05) is 16.1 Å². The Labute approximate surface area is 174 Å². The van der Waals surface area contributed by atoms with E-state index >= 15 is 0 Å². The zero-order chi connectivity index (χ0) is 20.4. The molecule has 0 bridgehead atoms. The Kier molecular flexibility index (Phi) is 5.45. The number of carbonyl (C=O) groups is 2. The number of para-hydroxylation sites is 1. The molecule has 4 rings (SSSR count). The molecular weight excluding hydrogens is 382 g/mol.